The highest BCUT2D eigenvalue weighted by molar-refractivity contribution is 5.91. The van der Waals surface area contributed by atoms with Gasteiger partial charge in [-0.05, 0) is 44.4 Å². The molecule has 2 aliphatic carbocycles. The molecule has 0 aromatic carbocycles. The molecule has 4 nitrogen and oxygen atoms in total. The van der Waals surface area contributed by atoms with Gasteiger partial charge >= 0.3 is 0 Å². The van der Waals surface area contributed by atoms with Gasteiger partial charge in [0.1, 0.15) is 11.4 Å². The van der Waals surface area contributed by atoms with Crippen molar-refractivity contribution in [2.24, 2.45) is 22.6 Å². The van der Waals surface area contributed by atoms with E-state index in [1.807, 2.05) is 0 Å². The molecule has 0 spiro atoms. The normalized spacial score (nSPS) is 46.7. The van der Waals surface area contributed by atoms with Gasteiger partial charge in [0.15, 0.2) is 0 Å². The van der Waals surface area contributed by atoms with Gasteiger partial charge in [-0.2, -0.15) is 0 Å². The molecule has 1 aliphatic heterocycles. The third-order valence-electron chi connectivity index (χ3n) is 5.64. The number of fused-ring (bicyclic) bond motifs is 1. The number of amidine groups is 1. The highest BCUT2D eigenvalue weighted by atomic mass is 16.5. The van der Waals surface area contributed by atoms with Crippen LogP contribution in [0.15, 0.2) is 4.99 Å². The Bertz CT molecular complexity index is 363. The van der Waals surface area contributed by atoms with Crippen molar-refractivity contribution in [1.82, 2.24) is 0 Å². The fourth-order valence-electron chi connectivity index (χ4n) is 4.50. The molecule has 3 atom stereocenters. The number of aliphatic hydroxyl groups is 1. The van der Waals surface area contributed by atoms with E-state index in [0.29, 0.717) is 11.9 Å². The van der Waals surface area contributed by atoms with Crippen molar-refractivity contribution >= 4 is 5.84 Å². The van der Waals surface area contributed by atoms with E-state index in [0.717, 1.165) is 38.5 Å². The van der Waals surface area contributed by atoms with Gasteiger partial charge < -0.3 is 15.6 Å². The predicted molar refractivity (Wildman–Crippen MR) is 75.1 cm³/mol. The van der Waals surface area contributed by atoms with E-state index in [1.165, 1.54) is 12.8 Å². The number of nitrogens with two attached hydrogens (primary N) is 1. The highest BCUT2D eigenvalue weighted by Crippen LogP contribution is 2.47. The molecule has 1 heterocycles. The van der Waals surface area contributed by atoms with Crippen LogP contribution in [0.2, 0.25) is 0 Å². The predicted octanol–water partition coefficient (Wildman–Crippen LogP) is 1.85. The Hall–Kier alpha value is -0.610. The summed E-state index contributed by atoms with van der Waals surface area (Å²) in [5.74, 6) is 1.06. The third kappa shape index (κ3) is 2.09. The molecule has 3 unspecified atom stereocenters. The summed E-state index contributed by atoms with van der Waals surface area (Å²) in [5.41, 5.74) is 5.31. The standard InChI is InChI=1S/C15H26N2O2/c1-19-11-8-6-10(7-9-11)15(18)12-4-2-3-5-13(12)17-14(15)16/h10-13,18H,2-9H2,1H3,(H2,16,17). The van der Waals surface area contributed by atoms with E-state index >= 15 is 0 Å². The monoisotopic (exact) mass is 266 g/mol. The Morgan fingerprint density at radius 2 is 1.84 bits per heavy atom. The van der Waals surface area contributed by atoms with E-state index < -0.39 is 5.60 Å². The lowest BCUT2D eigenvalue weighted by Crippen LogP contribution is -2.55. The van der Waals surface area contributed by atoms with Gasteiger partial charge in [-0.1, -0.05) is 12.8 Å². The molecule has 0 radical (unpaired) electrons. The number of hydrogen-bond donors (Lipinski definition) is 2. The van der Waals surface area contributed by atoms with Crippen LogP contribution in [0, 0.1) is 11.8 Å². The van der Waals surface area contributed by atoms with Gasteiger partial charge in [0, 0.05) is 13.0 Å². The van der Waals surface area contributed by atoms with Gasteiger partial charge in [0.2, 0.25) is 0 Å². The van der Waals surface area contributed by atoms with Gasteiger partial charge in [-0.15, -0.1) is 0 Å². The maximum atomic E-state index is 11.2. The van der Waals surface area contributed by atoms with Crippen LogP contribution in [-0.4, -0.2) is 35.8 Å². The van der Waals surface area contributed by atoms with E-state index in [4.69, 9.17) is 10.5 Å². The van der Waals surface area contributed by atoms with Gasteiger partial charge in [-0.25, -0.2) is 0 Å². The molecular formula is C15H26N2O2. The Morgan fingerprint density at radius 1 is 1.16 bits per heavy atom. The molecule has 0 amide bonds. The first-order valence-electron chi connectivity index (χ1n) is 7.75. The smallest absolute Gasteiger partial charge is 0.129 e. The fraction of sp³-hybridized carbons (Fsp3) is 0.933. The van der Waals surface area contributed by atoms with Gasteiger partial charge in [0.05, 0.1) is 12.1 Å². The second-order valence-electron chi connectivity index (χ2n) is 6.51. The Balaban J connectivity index is 1.76. The van der Waals surface area contributed by atoms with Crippen LogP contribution in [0.3, 0.4) is 0 Å². The molecule has 0 bridgehead atoms. The largest absolute Gasteiger partial charge is 0.385 e. The van der Waals surface area contributed by atoms with Crippen LogP contribution >= 0.6 is 0 Å². The van der Waals surface area contributed by atoms with Crippen LogP contribution in [0.1, 0.15) is 51.4 Å². The summed E-state index contributed by atoms with van der Waals surface area (Å²) >= 11 is 0. The number of rotatable bonds is 2. The summed E-state index contributed by atoms with van der Waals surface area (Å²) in [6, 6.07) is 0.277. The van der Waals surface area contributed by atoms with Crippen LogP contribution in [-0.2, 0) is 4.74 Å². The fourth-order valence-corrected chi connectivity index (χ4v) is 4.50. The lowest BCUT2D eigenvalue weighted by Gasteiger charge is -2.43. The first kappa shape index (κ1) is 13.4. The average Bonchev–Trinajstić information content (AvgIpc) is 2.72. The van der Waals surface area contributed by atoms with Crippen molar-refractivity contribution in [2.45, 2.75) is 69.1 Å². The van der Waals surface area contributed by atoms with Crippen molar-refractivity contribution in [1.29, 1.82) is 0 Å². The quantitative estimate of drug-likeness (QED) is 0.801. The summed E-state index contributed by atoms with van der Waals surface area (Å²) in [5, 5.41) is 11.2. The minimum atomic E-state index is -0.830. The Kier molecular flexibility index (Phi) is 3.56. The van der Waals surface area contributed by atoms with Crippen LogP contribution in [0.5, 0.6) is 0 Å². The van der Waals surface area contributed by atoms with Crippen LogP contribution < -0.4 is 5.73 Å². The van der Waals surface area contributed by atoms with Crippen LogP contribution in [0.4, 0.5) is 0 Å². The SMILES string of the molecule is COC1CCC(C2(O)C(N)=NC3CCCCC32)CC1. The summed E-state index contributed by atoms with van der Waals surface area (Å²) in [6.07, 6.45) is 9.06. The van der Waals surface area contributed by atoms with E-state index in [-0.39, 0.29) is 17.9 Å². The summed E-state index contributed by atoms with van der Waals surface area (Å²) in [4.78, 5) is 4.59. The molecule has 2 fully saturated rings. The molecule has 3 rings (SSSR count). The minimum absolute atomic E-state index is 0.269. The van der Waals surface area contributed by atoms with Crippen molar-refractivity contribution in [3.05, 3.63) is 0 Å². The number of aliphatic imine (C=N–C) groups is 1. The third-order valence-corrected chi connectivity index (χ3v) is 5.64. The maximum Gasteiger partial charge on any atom is 0.129 e. The zero-order valence-corrected chi connectivity index (χ0v) is 11.8. The minimum Gasteiger partial charge on any atom is -0.385 e. The first-order chi connectivity index (χ1) is 9.16. The molecule has 108 valence electrons. The summed E-state index contributed by atoms with van der Waals surface area (Å²) in [7, 11) is 1.78. The van der Waals surface area contributed by atoms with Crippen molar-refractivity contribution < 1.29 is 9.84 Å². The number of ether oxygens (including phenoxy) is 1. The number of methoxy groups -OCH3 is 1. The topological polar surface area (TPSA) is 67.8 Å². The van der Waals surface area contributed by atoms with Gasteiger partial charge in [-0.3, -0.25) is 4.99 Å². The van der Waals surface area contributed by atoms with E-state index in [2.05, 4.69) is 4.99 Å². The highest BCUT2D eigenvalue weighted by Gasteiger charge is 2.54. The number of nitrogens with zero attached hydrogens (tertiary/aromatic N) is 1. The Morgan fingerprint density at radius 3 is 2.53 bits per heavy atom. The lowest BCUT2D eigenvalue weighted by molar-refractivity contribution is -0.0484. The summed E-state index contributed by atoms with van der Waals surface area (Å²) in [6.45, 7) is 0. The Labute approximate surface area is 115 Å². The van der Waals surface area contributed by atoms with E-state index in [1.54, 1.807) is 7.11 Å². The van der Waals surface area contributed by atoms with Crippen molar-refractivity contribution in [3.63, 3.8) is 0 Å². The maximum absolute atomic E-state index is 11.2. The molecule has 19 heavy (non-hydrogen) atoms. The molecule has 0 aromatic heterocycles. The molecule has 0 aromatic rings. The molecular weight excluding hydrogens is 240 g/mol. The van der Waals surface area contributed by atoms with Crippen LogP contribution in [0.25, 0.3) is 0 Å². The molecule has 3 N–H and O–H groups in total. The zero-order valence-electron chi connectivity index (χ0n) is 11.8. The second-order valence-corrected chi connectivity index (χ2v) is 6.51. The van der Waals surface area contributed by atoms with Crippen molar-refractivity contribution in [2.75, 3.05) is 7.11 Å². The second kappa shape index (κ2) is 5.06. The zero-order chi connectivity index (χ0) is 13.5. The number of hydrogen-bond acceptors (Lipinski definition) is 4. The molecule has 3 aliphatic rings. The molecule has 4 heteroatoms. The average molecular weight is 266 g/mol. The van der Waals surface area contributed by atoms with Crippen molar-refractivity contribution in [3.8, 4) is 0 Å². The van der Waals surface area contributed by atoms with Gasteiger partial charge in [0.25, 0.3) is 0 Å². The first-order valence-corrected chi connectivity index (χ1v) is 7.75. The summed E-state index contributed by atoms with van der Waals surface area (Å²) < 4.78 is 5.43. The molecule has 0 saturated heterocycles. The van der Waals surface area contributed by atoms with E-state index in [9.17, 15) is 5.11 Å². The molecule has 2 saturated carbocycles. The lowest BCUT2D eigenvalue weighted by atomic mass is 9.66.